The summed E-state index contributed by atoms with van der Waals surface area (Å²) in [5.41, 5.74) is 2.35. The molecule has 118 valence electrons. The van der Waals surface area contributed by atoms with Gasteiger partial charge in [-0.1, -0.05) is 6.07 Å². The van der Waals surface area contributed by atoms with Crippen molar-refractivity contribution in [2.24, 2.45) is 0 Å². The molecule has 4 aromatic heterocycles. The van der Waals surface area contributed by atoms with Gasteiger partial charge in [-0.25, -0.2) is 9.97 Å². The first-order chi connectivity index (χ1) is 11.9. The van der Waals surface area contributed by atoms with Gasteiger partial charge in [0.15, 0.2) is 17.3 Å². The van der Waals surface area contributed by atoms with Crippen molar-refractivity contribution < 1.29 is 0 Å². The van der Waals surface area contributed by atoms with Crippen LogP contribution in [0, 0.1) is 0 Å². The molecule has 0 bridgehead atoms. The predicted octanol–water partition coefficient (Wildman–Crippen LogP) is 1.89. The lowest BCUT2D eigenvalue weighted by molar-refractivity contribution is 1.07. The van der Waals surface area contributed by atoms with Gasteiger partial charge in [0, 0.05) is 31.3 Å². The zero-order valence-electron chi connectivity index (χ0n) is 12.5. The number of rotatable bonds is 5. The number of imidazole rings is 1. The highest BCUT2D eigenvalue weighted by molar-refractivity contribution is 5.83. The summed E-state index contributed by atoms with van der Waals surface area (Å²) in [7, 11) is 0. The van der Waals surface area contributed by atoms with Gasteiger partial charge >= 0.3 is 0 Å². The van der Waals surface area contributed by atoms with Gasteiger partial charge in [0.05, 0.1) is 12.5 Å². The van der Waals surface area contributed by atoms with Gasteiger partial charge in [-0.15, -0.1) is 0 Å². The maximum absolute atomic E-state index is 4.49. The van der Waals surface area contributed by atoms with Gasteiger partial charge in [0.25, 0.3) is 0 Å². The van der Waals surface area contributed by atoms with Crippen LogP contribution in [0.5, 0.6) is 0 Å². The zero-order valence-corrected chi connectivity index (χ0v) is 12.5. The molecule has 0 saturated heterocycles. The molecule has 24 heavy (non-hydrogen) atoms. The van der Waals surface area contributed by atoms with Crippen LogP contribution in [-0.2, 0) is 6.54 Å². The van der Waals surface area contributed by atoms with Crippen molar-refractivity contribution in [2.75, 3.05) is 10.6 Å². The average molecular weight is 319 g/mol. The number of hydrogen-bond donors (Lipinski definition) is 3. The van der Waals surface area contributed by atoms with Gasteiger partial charge < -0.3 is 15.6 Å². The van der Waals surface area contributed by atoms with E-state index >= 15 is 0 Å². The van der Waals surface area contributed by atoms with E-state index in [1.807, 2.05) is 12.1 Å². The Morgan fingerprint density at radius 3 is 2.79 bits per heavy atom. The number of aromatic nitrogens is 7. The number of nitrogens with one attached hydrogen (secondary N) is 3. The summed E-state index contributed by atoms with van der Waals surface area (Å²) in [6, 6.07) is 3.88. The minimum atomic E-state index is 0.392. The molecule has 0 spiro atoms. The summed E-state index contributed by atoms with van der Waals surface area (Å²) in [5.74, 6) is 1.60. The van der Waals surface area contributed by atoms with Gasteiger partial charge in [0.1, 0.15) is 5.52 Å². The average Bonchev–Trinajstić information content (AvgIpc) is 3.10. The smallest absolute Gasteiger partial charge is 0.232 e. The molecule has 4 heterocycles. The first-order valence-corrected chi connectivity index (χ1v) is 7.25. The second-order valence-electron chi connectivity index (χ2n) is 4.93. The molecule has 4 rings (SSSR count). The quantitative estimate of drug-likeness (QED) is 0.510. The minimum absolute atomic E-state index is 0.392. The number of fused-ring (bicyclic) bond motifs is 1. The molecule has 0 fully saturated rings. The Bertz CT molecular complexity index is 937. The highest BCUT2D eigenvalue weighted by atomic mass is 15.2. The molecule has 0 aliphatic heterocycles. The van der Waals surface area contributed by atoms with Crippen LogP contribution >= 0.6 is 0 Å². The van der Waals surface area contributed by atoms with Crippen LogP contribution in [-0.4, -0.2) is 34.9 Å². The van der Waals surface area contributed by atoms with E-state index in [-0.39, 0.29) is 0 Å². The standard InChI is InChI=1S/C15H13N9/c1-2-10(6-16-3-1)7-19-13-12-14(21-9-20-12)24-15(23-13)22-11-8-17-4-5-18-11/h1-6,8-9H,7H2,(H3,18,19,20,21,22,23,24). The lowest BCUT2D eigenvalue weighted by Gasteiger charge is -2.09. The Labute approximate surface area is 136 Å². The Morgan fingerprint density at radius 1 is 1.00 bits per heavy atom. The van der Waals surface area contributed by atoms with Crippen LogP contribution in [0.25, 0.3) is 11.2 Å². The second kappa shape index (κ2) is 6.24. The first kappa shape index (κ1) is 14.0. The molecule has 0 atom stereocenters. The van der Waals surface area contributed by atoms with Crippen molar-refractivity contribution in [3.63, 3.8) is 0 Å². The molecule has 9 nitrogen and oxygen atoms in total. The van der Waals surface area contributed by atoms with E-state index in [9.17, 15) is 0 Å². The molecule has 0 amide bonds. The molecule has 0 aromatic carbocycles. The van der Waals surface area contributed by atoms with E-state index in [1.165, 1.54) is 0 Å². The SMILES string of the molecule is c1cncc(CNc2nc(Nc3cnccn3)nc3nc[nH]c23)c1. The fourth-order valence-corrected chi connectivity index (χ4v) is 2.18. The monoisotopic (exact) mass is 319 g/mol. The third-order valence-electron chi connectivity index (χ3n) is 3.27. The topological polar surface area (TPSA) is 117 Å². The summed E-state index contributed by atoms with van der Waals surface area (Å²) >= 11 is 0. The fourth-order valence-electron chi connectivity index (χ4n) is 2.18. The van der Waals surface area contributed by atoms with Crippen molar-refractivity contribution in [1.29, 1.82) is 0 Å². The number of aromatic amines is 1. The molecule has 0 aliphatic rings. The largest absolute Gasteiger partial charge is 0.364 e. The van der Waals surface area contributed by atoms with Crippen molar-refractivity contribution in [3.05, 3.63) is 55.0 Å². The zero-order chi connectivity index (χ0) is 16.2. The molecule has 0 radical (unpaired) electrons. The second-order valence-corrected chi connectivity index (χ2v) is 4.93. The van der Waals surface area contributed by atoms with E-state index in [1.54, 1.807) is 37.3 Å². The van der Waals surface area contributed by atoms with Crippen LogP contribution in [0.3, 0.4) is 0 Å². The van der Waals surface area contributed by atoms with Crippen LogP contribution in [0.1, 0.15) is 5.56 Å². The number of nitrogens with zero attached hydrogens (tertiary/aromatic N) is 6. The van der Waals surface area contributed by atoms with Crippen molar-refractivity contribution >= 4 is 28.7 Å². The summed E-state index contributed by atoms with van der Waals surface area (Å²) in [6.45, 7) is 0.587. The molecule has 3 N–H and O–H groups in total. The minimum Gasteiger partial charge on any atom is -0.364 e. The molecule has 0 saturated carbocycles. The molecule has 0 unspecified atom stereocenters. The Balaban J connectivity index is 1.62. The first-order valence-electron chi connectivity index (χ1n) is 7.25. The summed E-state index contributed by atoms with van der Waals surface area (Å²) in [5, 5.41) is 6.30. The summed E-state index contributed by atoms with van der Waals surface area (Å²) in [6.07, 6.45) is 9.92. The van der Waals surface area contributed by atoms with E-state index in [4.69, 9.17) is 0 Å². The van der Waals surface area contributed by atoms with Crippen molar-refractivity contribution in [2.45, 2.75) is 6.54 Å². The Kier molecular flexibility index (Phi) is 3.64. The summed E-state index contributed by atoms with van der Waals surface area (Å²) < 4.78 is 0. The van der Waals surface area contributed by atoms with Crippen molar-refractivity contribution in [1.82, 2.24) is 34.9 Å². The molecule has 9 heteroatoms. The number of anilines is 3. The molecule has 0 aliphatic carbocycles. The number of pyridine rings is 1. The summed E-state index contributed by atoms with van der Waals surface area (Å²) in [4.78, 5) is 28.4. The lowest BCUT2D eigenvalue weighted by Crippen LogP contribution is -2.06. The Morgan fingerprint density at radius 2 is 1.96 bits per heavy atom. The van der Waals surface area contributed by atoms with Gasteiger partial charge in [-0.05, 0) is 11.6 Å². The fraction of sp³-hybridized carbons (Fsp3) is 0.0667. The van der Waals surface area contributed by atoms with Crippen LogP contribution in [0.15, 0.2) is 49.4 Å². The van der Waals surface area contributed by atoms with E-state index in [0.29, 0.717) is 29.8 Å². The van der Waals surface area contributed by atoms with Gasteiger partial charge in [0.2, 0.25) is 5.95 Å². The third-order valence-corrected chi connectivity index (χ3v) is 3.27. The van der Waals surface area contributed by atoms with Crippen LogP contribution < -0.4 is 10.6 Å². The molecule has 4 aromatic rings. The predicted molar refractivity (Wildman–Crippen MR) is 88.6 cm³/mol. The number of hydrogen-bond acceptors (Lipinski definition) is 8. The lowest BCUT2D eigenvalue weighted by atomic mass is 10.3. The maximum Gasteiger partial charge on any atom is 0.232 e. The Hall–Kier alpha value is -3.62. The van der Waals surface area contributed by atoms with Gasteiger partial charge in [-0.3, -0.25) is 9.97 Å². The van der Waals surface area contributed by atoms with E-state index in [0.717, 1.165) is 11.1 Å². The molecular formula is C15H13N9. The van der Waals surface area contributed by atoms with E-state index < -0.39 is 0 Å². The molecular weight excluding hydrogens is 306 g/mol. The van der Waals surface area contributed by atoms with Crippen LogP contribution in [0.4, 0.5) is 17.6 Å². The van der Waals surface area contributed by atoms with E-state index in [2.05, 4.69) is 45.5 Å². The van der Waals surface area contributed by atoms with Crippen molar-refractivity contribution in [3.8, 4) is 0 Å². The van der Waals surface area contributed by atoms with Gasteiger partial charge in [-0.2, -0.15) is 9.97 Å². The highest BCUT2D eigenvalue weighted by Crippen LogP contribution is 2.20. The maximum atomic E-state index is 4.49. The number of H-pyrrole nitrogens is 1. The third kappa shape index (κ3) is 2.95. The van der Waals surface area contributed by atoms with Crippen LogP contribution in [0.2, 0.25) is 0 Å². The highest BCUT2D eigenvalue weighted by Gasteiger charge is 2.10. The normalized spacial score (nSPS) is 10.7.